The summed E-state index contributed by atoms with van der Waals surface area (Å²) in [6.07, 6.45) is 1.76. The fourth-order valence-electron chi connectivity index (χ4n) is 2.11. The quantitative estimate of drug-likeness (QED) is 0.708. The van der Waals surface area contributed by atoms with Gasteiger partial charge in [0.15, 0.2) is 0 Å². The minimum Gasteiger partial charge on any atom is -0.438 e. The molecule has 0 atom stereocenters. The molecule has 3 heteroatoms. The zero-order valence-electron chi connectivity index (χ0n) is 12.4. The summed E-state index contributed by atoms with van der Waals surface area (Å²) < 4.78 is 6.03. The van der Waals surface area contributed by atoms with Crippen LogP contribution in [0.25, 0.3) is 0 Å². The molecular formula is C17H20ClNO. The zero-order valence-corrected chi connectivity index (χ0v) is 13.2. The number of hydrogen-bond donors (Lipinski definition) is 0. The van der Waals surface area contributed by atoms with Gasteiger partial charge in [0.05, 0.1) is 0 Å². The van der Waals surface area contributed by atoms with Crippen LogP contribution in [-0.2, 0) is 5.88 Å². The van der Waals surface area contributed by atoms with Gasteiger partial charge in [-0.15, -0.1) is 11.6 Å². The third-order valence-electron chi connectivity index (χ3n) is 3.24. The number of halogens is 1. The highest BCUT2D eigenvalue weighted by Crippen LogP contribution is 2.32. The Hall–Kier alpha value is -1.54. The van der Waals surface area contributed by atoms with Gasteiger partial charge in [0.1, 0.15) is 5.75 Å². The van der Waals surface area contributed by atoms with Crippen molar-refractivity contribution in [2.75, 3.05) is 0 Å². The Morgan fingerprint density at radius 1 is 1.20 bits per heavy atom. The van der Waals surface area contributed by atoms with E-state index < -0.39 is 0 Å². The summed E-state index contributed by atoms with van der Waals surface area (Å²) in [5.74, 6) is 2.41. The van der Waals surface area contributed by atoms with Crippen LogP contribution in [0.2, 0.25) is 0 Å². The van der Waals surface area contributed by atoms with Crippen LogP contribution in [0.5, 0.6) is 11.6 Å². The number of aryl methyl sites for hydroxylation is 2. The van der Waals surface area contributed by atoms with E-state index in [4.69, 9.17) is 16.3 Å². The van der Waals surface area contributed by atoms with Crippen LogP contribution >= 0.6 is 11.6 Å². The minimum absolute atomic E-state index is 0.410. The number of aromatic nitrogens is 1. The van der Waals surface area contributed by atoms with Crippen LogP contribution in [-0.4, -0.2) is 4.98 Å². The standard InChI is InChI=1S/C17H20ClNO/c1-11(2)15-6-5-12(3)7-16(15)20-17-13(4)8-14(9-18)10-19-17/h5-8,10-11H,9H2,1-4H3. The Kier molecular flexibility index (Phi) is 4.66. The molecule has 1 aromatic carbocycles. The second kappa shape index (κ2) is 6.27. The van der Waals surface area contributed by atoms with Crippen molar-refractivity contribution in [2.45, 2.75) is 39.5 Å². The molecular weight excluding hydrogens is 270 g/mol. The molecule has 0 unspecified atom stereocenters. The Labute approximate surface area is 125 Å². The molecule has 0 saturated heterocycles. The van der Waals surface area contributed by atoms with E-state index >= 15 is 0 Å². The molecule has 1 heterocycles. The van der Waals surface area contributed by atoms with Crippen LogP contribution in [0, 0.1) is 13.8 Å². The molecule has 0 saturated carbocycles. The molecule has 1 aromatic heterocycles. The second-order valence-corrected chi connectivity index (χ2v) is 5.66. The van der Waals surface area contributed by atoms with Crippen molar-refractivity contribution in [1.82, 2.24) is 4.98 Å². The van der Waals surface area contributed by atoms with Gasteiger partial charge in [-0.05, 0) is 48.6 Å². The Morgan fingerprint density at radius 3 is 2.55 bits per heavy atom. The third kappa shape index (κ3) is 3.31. The van der Waals surface area contributed by atoms with Crippen molar-refractivity contribution in [3.63, 3.8) is 0 Å². The maximum Gasteiger partial charge on any atom is 0.222 e. The second-order valence-electron chi connectivity index (χ2n) is 5.40. The SMILES string of the molecule is Cc1ccc(C(C)C)c(Oc2ncc(CCl)cc2C)c1. The maximum atomic E-state index is 6.03. The largest absolute Gasteiger partial charge is 0.438 e. The van der Waals surface area contributed by atoms with E-state index in [0.717, 1.165) is 16.9 Å². The number of alkyl halides is 1. The molecule has 0 spiro atoms. The summed E-state index contributed by atoms with van der Waals surface area (Å²) in [5, 5.41) is 0. The van der Waals surface area contributed by atoms with Gasteiger partial charge in [0, 0.05) is 17.6 Å². The maximum absolute atomic E-state index is 6.03. The summed E-state index contributed by atoms with van der Waals surface area (Å²) in [7, 11) is 0. The van der Waals surface area contributed by atoms with Crippen LogP contribution < -0.4 is 4.74 Å². The number of hydrogen-bond acceptors (Lipinski definition) is 2. The van der Waals surface area contributed by atoms with Gasteiger partial charge in [-0.3, -0.25) is 0 Å². The van der Waals surface area contributed by atoms with Crippen LogP contribution in [0.15, 0.2) is 30.5 Å². The smallest absolute Gasteiger partial charge is 0.222 e. The van der Waals surface area contributed by atoms with Gasteiger partial charge in [0.2, 0.25) is 5.88 Å². The van der Waals surface area contributed by atoms with Gasteiger partial charge in [0.25, 0.3) is 0 Å². The lowest BCUT2D eigenvalue weighted by atomic mass is 10.0. The first-order valence-corrected chi connectivity index (χ1v) is 7.34. The highest BCUT2D eigenvalue weighted by Gasteiger charge is 2.11. The Balaban J connectivity index is 2.36. The molecule has 0 fully saturated rings. The monoisotopic (exact) mass is 289 g/mol. The Bertz CT molecular complexity index is 608. The molecule has 0 N–H and O–H groups in total. The van der Waals surface area contributed by atoms with Crippen molar-refractivity contribution >= 4 is 11.6 Å². The van der Waals surface area contributed by atoms with E-state index in [-0.39, 0.29) is 0 Å². The molecule has 0 aliphatic heterocycles. The normalized spacial score (nSPS) is 10.9. The lowest BCUT2D eigenvalue weighted by Gasteiger charge is -2.15. The van der Waals surface area contributed by atoms with Gasteiger partial charge >= 0.3 is 0 Å². The van der Waals surface area contributed by atoms with Crippen molar-refractivity contribution < 1.29 is 4.74 Å². The number of nitrogens with zero attached hydrogens (tertiary/aromatic N) is 1. The van der Waals surface area contributed by atoms with Crippen molar-refractivity contribution in [1.29, 1.82) is 0 Å². The van der Waals surface area contributed by atoms with Crippen molar-refractivity contribution in [3.05, 3.63) is 52.7 Å². The van der Waals surface area contributed by atoms with Crippen molar-refractivity contribution in [2.24, 2.45) is 0 Å². The predicted molar refractivity (Wildman–Crippen MR) is 83.9 cm³/mol. The average molecular weight is 290 g/mol. The lowest BCUT2D eigenvalue weighted by molar-refractivity contribution is 0.450. The predicted octanol–water partition coefficient (Wildman–Crippen LogP) is 5.35. The van der Waals surface area contributed by atoms with E-state index in [1.165, 1.54) is 11.1 Å². The molecule has 2 aromatic rings. The summed E-state index contributed by atoms with van der Waals surface area (Å²) >= 11 is 5.82. The molecule has 2 rings (SSSR count). The molecule has 0 radical (unpaired) electrons. The molecule has 0 aliphatic carbocycles. The van der Waals surface area contributed by atoms with Gasteiger partial charge < -0.3 is 4.74 Å². The molecule has 0 amide bonds. The number of rotatable bonds is 4. The van der Waals surface area contributed by atoms with Crippen LogP contribution in [0.1, 0.15) is 42.0 Å². The fourth-order valence-corrected chi connectivity index (χ4v) is 2.26. The average Bonchev–Trinajstić information content (AvgIpc) is 2.40. The molecule has 0 bridgehead atoms. The molecule has 106 valence electrons. The van der Waals surface area contributed by atoms with Crippen LogP contribution in [0.3, 0.4) is 0 Å². The van der Waals surface area contributed by atoms with E-state index in [1.807, 2.05) is 13.0 Å². The first-order valence-electron chi connectivity index (χ1n) is 6.81. The number of pyridine rings is 1. The van der Waals surface area contributed by atoms with Gasteiger partial charge in [-0.1, -0.05) is 26.0 Å². The first kappa shape index (κ1) is 14.9. The topological polar surface area (TPSA) is 22.1 Å². The van der Waals surface area contributed by atoms with Crippen LogP contribution in [0.4, 0.5) is 0 Å². The van der Waals surface area contributed by atoms with Gasteiger partial charge in [-0.2, -0.15) is 0 Å². The fraction of sp³-hybridized carbons (Fsp3) is 0.353. The third-order valence-corrected chi connectivity index (χ3v) is 3.55. The molecule has 20 heavy (non-hydrogen) atoms. The van der Waals surface area contributed by atoms with E-state index in [9.17, 15) is 0 Å². The lowest BCUT2D eigenvalue weighted by Crippen LogP contribution is -1.98. The summed E-state index contributed by atoms with van der Waals surface area (Å²) in [6, 6.07) is 8.31. The summed E-state index contributed by atoms with van der Waals surface area (Å²) in [4.78, 5) is 4.37. The molecule has 2 nitrogen and oxygen atoms in total. The van der Waals surface area contributed by atoms with Crippen molar-refractivity contribution in [3.8, 4) is 11.6 Å². The number of benzene rings is 1. The first-order chi connectivity index (χ1) is 9.51. The van der Waals surface area contributed by atoms with Gasteiger partial charge in [-0.25, -0.2) is 4.98 Å². The van der Waals surface area contributed by atoms with E-state index in [1.54, 1.807) is 6.20 Å². The Morgan fingerprint density at radius 2 is 1.95 bits per heavy atom. The number of ether oxygens (including phenoxy) is 1. The van der Waals surface area contributed by atoms with E-state index in [2.05, 4.69) is 44.0 Å². The zero-order chi connectivity index (χ0) is 14.7. The highest BCUT2D eigenvalue weighted by atomic mass is 35.5. The summed E-state index contributed by atoms with van der Waals surface area (Å²) in [5.41, 5.74) is 4.38. The molecule has 0 aliphatic rings. The minimum atomic E-state index is 0.410. The summed E-state index contributed by atoms with van der Waals surface area (Å²) in [6.45, 7) is 8.37. The van der Waals surface area contributed by atoms with E-state index in [0.29, 0.717) is 17.7 Å². The highest BCUT2D eigenvalue weighted by molar-refractivity contribution is 6.17.